The van der Waals surface area contributed by atoms with Gasteiger partial charge in [-0.05, 0) is 32.5 Å². The van der Waals surface area contributed by atoms with Gasteiger partial charge in [0.25, 0.3) is 5.91 Å². The van der Waals surface area contributed by atoms with Gasteiger partial charge in [-0.15, -0.1) is 0 Å². The summed E-state index contributed by atoms with van der Waals surface area (Å²) in [4.78, 5) is 18.6. The number of carbonyl (C=O) groups is 1. The summed E-state index contributed by atoms with van der Waals surface area (Å²) < 4.78 is 0. The van der Waals surface area contributed by atoms with Crippen LogP contribution in [0.25, 0.3) is 0 Å². The number of nitrogens with zero attached hydrogens (tertiary/aromatic N) is 2. The summed E-state index contributed by atoms with van der Waals surface area (Å²) in [5, 5.41) is 6.03. The van der Waals surface area contributed by atoms with Crippen molar-refractivity contribution < 1.29 is 4.79 Å². The highest BCUT2D eigenvalue weighted by Gasteiger charge is 2.21. The highest BCUT2D eigenvalue weighted by Crippen LogP contribution is 2.17. The van der Waals surface area contributed by atoms with Crippen molar-refractivity contribution in [1.29, 1.82) is 0 Å². The van der Waals surface area contributed by atoms with Gasteiger partial charge in [0.15, 0.2) is 0 Å². The van der Waals surface area contributed by atoms with Crippen LogP contribution in [0.15, 0.2) is 12.3 Å². The molecule has 112 valence electrons. The minimum atomic E-state index is -0.0892. The van der Waals surface area contributed by atoms with Crippen molar-refractivity contribution in [2.75, 3.05) is 39.5 Å². The van der Waals surface area contributed by atoms with Crippen LogP contribution in [0.2, 0.25) is 0 Å². The average Bonchev–Trinajstić information content (AvgIpc) is 2.34. The van der Waals surface area contributed by atoms with Gasteiger partial charge >= 0.3 is 0 Å². The van der Waals surface area contributed by atoms with Crippen LogP contribution >= 0.6 is 0 Å². The molecule has 0 aliphatic heterocycles. The fourth-order valence-corrected chi connectivity index (χ4v) is 2.27. The lowest BCUT2D eigenvalue weighted by Gasteiger charge is -2.28. The second-order valence-corrected chi connectivity index (χ2v) is 6.21. The van der Waals surface area contributed by atoms with E-state index in [-0.39, 0.29) is 11.3 Å². The Morgan fingerprint density at radius 1 is 1.40 bits per heavy atom. The number of amides is 1. The molecule has 0 aromatic carbocycles. The molecule has 1 aromatic rings. The van der Waals surface area contributed by atoms with Crippen molar-refractivity contribution in [2.45, 2.75) is 20.8 Å². The first-order valence-corrected chi connectivity index (χ1v) is 6.82. The van der Waals surface area contributed by atoms with Crippen LogP contribution in [0.3, 0.4) is 0 Å². The van der Waals surface area contributed by atoms with E-state index in [0.717, 1.165) is 17.9 Å². The van der Waals surface area contributed by atoms with Crippen molar-refractivity contribution in [3.8, 4) is 0 Å². The summed E-state index contributed by atoms with van der Waals surface area (Å²) in [5.41, 5.74) is 2.30. The lowest BCUT2D eigenvalue weighted by atomic mass is 9.93. The molecule has 0 aliphatic carbocycles. The van der Waals surface area contributed by atoms with Crippen molar-refractivity contribution >= 4 is 11.6 Å². The standard InChI is InChI=1S/C15H26N4O/c1-11-7-13(16-4)12(8-17-11)14(20)18-9-15(2,3)10-19(5)6/h7-8H,9-10H2,1-6H3,(H,16,17)(H,18,20). The number of aromatic nitrogens is 1. The Bertz CT molecular complexity index is 469. The maximum atomic E-state index is 12.3. The Balaban J connectivity index is 2.72. The molecule has 2 N–H and O–H groups in total. The minimum Gasteiger partial charge on any atom is -0.387 e. The van der Waals surface area contributed by atoms with Crippen molar-refractivity contribution in [3.05, 3.63) is 23.5 Å². The highest BCUT2D eigenvalue weighted by atomic mass is 16.1. The topological polar surface area (TPSA) is 57.3 Å². The zero-order valence-corrected chi connectivity index (χ0v) is 13.4. The monoisotopic (exact) mass is 278 g/mol. The van der Waals surface area contributed by atoms with Gasteiger partial charge in [0, 0.05) is 32.0 Å². The van der Waals surface area contributed by atoms with Crippen molar-refractivity contribution in [3.63, 3.8) is 0 Å². The van der Waals surface area contributed by atoms with E-state index in [0.29, 0.717) is 12.1 Å². The predicted octanol–water partition coefficient (Wildman–Crippen LogP) is 1.75. The number of hydrogen-bond acceptors (Lipinski definition) is 4. The van der Waals surface area contributed by atoms with Gasteiger partial charge in [-0.1, -0.05) is 13.8 Å². The largest absolute Gasteiger partial charge is 0.387 e. The molecule has 5 nitrogen and oxygen atoms in total. The molecule has 0 spiro atoms. The molecule has 0 aliphatic rings. The van der Waals surface area contributed by atoms with Gasteiger partial charge in [-0.2, -0.15) is 0 Å². The zero-order valence-electron chi connectivity index (χ0n) is 13.4. The highest BCUT2D eigenvalue weighted by molar-refractivity contribution is 5.99. The first kappa shape index (κ1) is 16.4. The SMILES string of the molecule is CNc1cc(C)ncc1C(=O)NCC(C)(C)CN(C)C. The van der Waals surface area contributed by atoms with Crippen LogP contribution < -0.4 is 10.6 Å². The van der Waals surface area contributed by atoms with Crippen LogP contribution in [0.5, 0.6) is 0 Å². The van der Waals surface area contributed by atoms with E-state index in [4.69, 9.17) is 0 Å². The lowest BCUT2D eigenvalue weighted by molar-refractivity contribution is 0.0929. The molecule has 0 bridgehead atoms. The van der Waals surface area contributed by atoms with Crippen LogP contribution in [-0.4, -0.2) is 50.0 Å². The van der Waals surface area contributed by atoms with Crippen LogP contribution in [0, 0.1) is 12.3 Å². The number of rotatable bonds is 6. The number of anilines is 1. The van der Waals surface area contributed by atoms with E-state index in [9.17, 15) is 4.79 Å². The van der Waals surface area contributed by atoms with E-state index in [1.807, 2.05) is 34.1 Å². The van der Waals surface area contributed by atoms with Crippen molar-refractivity contribution in [2.24, 2.45) is 5.41 Å². The normalized spacial score (nSPS) is 11.6. The van der Waals surface area contributed by atoms with Gasteiger partial charge in [-0.3, -0.25) is 9.78 Å². The molecule has 1 heterocycles. The first-order chi connectivity index (χ1) is 9.25. The molecule has 1 aromatic heterocycles. The maximum absolute atomic E-state index is 12.3. The van der Waals surface area contributed by atoms with E-state index < -0.39 is 0 Å². The summed E-state index contributed by atoms with van der Waals surface area (Å²) in [7, 11) is 5.88. The number of nitrogens with one attached hydrogen (secondary N) is 2. The van der Waals surface area contributed by atoms with Gasteiger partial charge < -0.3 is 15.5 Å². The van der Waals surface area contributed by atoms with Gasteiger partial charge in [-0.25, -0.2) is 0 Å². The molecule has 1 amide bonds. The molecule has 0 saturated carbocycles. The summed E-state index contributed by atoms with van der Waals surface area (Å²) in [6, 6.07) is 1.87. The third kappa shape index (κ3) is 4.81. The summed E-state index contributed by atoms with van der Waals surface area (Å²) in [5.74, 6) is -0.0892. The Hall–Kier alpha value is -1.62. The fourth-order valence-electron chi connectivity index (χ4n) is 2.27. The smallest absolute Gasteiger partial charge is 0.254 e. The molecule has 1 rings (SSSR count). The molecule has 20 heavy (non-hydrogen) atoms. The Labute approximate surface area is 121 Å². The molecule has 0 unspecified atom stereocenters. The van der Waals surface area contributed by atoms with Crippen LogP contribution in [0.4, 0.5) is 5.69 Å². The number of hydrogen-bond donors (Lipinski definition) is 2. The van der Waals surface area contributed by atoms with E-state index in [1.54, 1.807) is 6.20 Å². The van der Waals surface area contributed by atoms with Gasteiger partial charge in [0.1, 0.15) is 0 Å². The molecule has 0 atom stereocenters. The minimum absolute atomic E-state index is 0.0249. The molecule has 0 fully saturated rings. The predicted molar refractivity (Wildman–Crippen MR) is 83.2 cm³/mol. The van der Waals surface area contributed by atoms with Gasteiger partial charge in [0.05, 0.1) is 11.3 Å². The Morgan fingerprint density at radius 3 is 2.60 bits per heavy atom. The number of carbonyl (C=O) groups excluding carboxylic acids is 1. The molecular formula is C15H26N4O. The quantitative estimate of drug-likeness (QED) is 0.832. The Kier molecular flexibility index (Phi) is 5.51. The second-order valence-electron chi connectivity index (χ2n) is 6.21. The average molecular weight is 278 g/mol. The van der Waals surface area contributed by atoms with Gasteiger partial charge in [0.2, 0.25) is 0 Å². The van der Waals surface area contributed by atoms with E-state index in [1.165, 1.54) is 0 Å². The number of aryl methyl sites for hydroxylation is 1. The van der Waals surface area contributed by atoms with Crippen LogP contribution in [0.1, 0.15) is 29.9 Å². The molecule has 0 radical (unpaired) electrons. The third-order valence-corrected chi connectivity index (χ3v) is 3.03. The number of pyridine rings is 1. The zero-order chi connectivity index (χ0) is 15.3. The van der Waals surface area contributed by atoms with Crippen molar-refractivity contribution in [1.82, 2.24) is 15.2 Å². The maximum Gasteiger partial charge on any atom is 0.254 e. The Morgan fingerprint density at radius 2 is 2.05 bits per heavy atom. The van der Waals surface area contributed by atoms with E-state index >= 15 is 0 Å². The molecule has 0 saturated heterocycles. The summed E-state index contributed by atoms with van der Waals surface area (Å²) in [6.07, 6.45) is 1.62. The summed E-state index contributed by atoms with van der Waals surface area (Å²) >= 11 is 0. The van der Waals surface area contributed by atoms with Crippen LogP contribution in [-0.2, 0) is 0 Å². The fraction of sp³-hybridized carbons (Fsp3) is 0.600. The second kappa shape index (κ2) is 6.70. The summed E-state index contributed by atoms with van der Waals surface area (Å²) in [6.45, 7) is 7.72. The molecule has 5 heteroatoms. The van der Waals surface area contributed by atoms with E-state index in [2.05, 4.69) is 34.4 Å². The first-order valence-electron chi connectivity index (χ1n) is 6.82. The third-order valence-electron chi connectivity index (χ3n) is 3.03. The lowest BCUT2D eigenvalue weighted by Crippen LogP contribution is -2.40. The molecular weight excluding hydrogens is 252 g/mol.